The quantitative estimate of drug-likeness (QED) is 0.0544. The molecule has 21 nitrogen and oxygen atoms in total. The highest BCUT2D eigenvalue weighted by Gasteiger charge is 2.31. The van der Waals surface area contributed by atoms with Crippen molar-refractivity contribution in [1.82, 2.24) is 37.2 Å². The molecule has 13 N–H and O–H groups in total. The maximum Gasteiger partial charge on any atom is 0.328 e. The summed E-state index contributed by atoms with van der Waals surface area (Å²) in [5.74, 6) is -9.18. The second-order valence-electron chi connectivity index (χ2n) is 10.2. The molecule has 0 unspecified atom stereocenters. The van der Waals surface area contributed by atoms with E-state index in [9.17, 15) is 53.4 Å². The van der Waals surface area contributed by atoms with Gasteiger partial charge >= 0.3 is 11.9 Å². The molecule has 46 heavy (non-hydrogen) atoms. The highest BCUT2D eigenvalue weighted by molar-refractivity contribution is 5.94. The Labute approximate surface area is 262 Å². The van der Waals surface area contributed by atoms with E-state index in [0.717, 1.165) is 6.92 Å². The molecule has 0 aromatic carbocycles. The summed E-state index contributed by atoms with van der Waals surface area (Å²) in [6, 6.07) is -5.56. The fourth-order valence-electron chi connectivity index (χ4n) is 3.29. The third-order valence-corrected chi connectivity index (χ3v) is 5.89. The highest BCUT2D eigenvalue weighted by atomic mass is 16.4. The molecular formula is C25H42N8O13. The number of carbonyl (C=O) groups is 9. The Bertz CT molecular complexity index is 1130. The lowest BCUT2D eigenvalue weighted by Gasteiger charge is -2.25. The summed E-state index contributed by atoms with van der Waals surface area (Å²) in [6.45, 7) is 0.958. The van der Waals surface area contributed by atoms with E-state index in [0.29, 0.717) is 0 Å². The average Bonchev–Trinajstić information content (AvgIpc) is 2.98. The normalized spacial score (nSPS) is 13.9. The number of hydrogen-bond acceptors (Lipinski definition) is 12. The number of amides is 7. The zero-order valence-corrected chi connectivity index (χ0v) is 25.5. The fraction of sp³-hybridized carbons (Fsp3) is 0.640. The molecule has 0 aliphatic heterocycles. The van der Waals surface area contributed by atoms with Gasteiger partial charge in [0.05, 0.1) is 44.9 Å². The van der Waals surface area contributed by atoms with E-state index in [4.69, 9.17) is 15.9 Å². The number of rotatable bonds is 21. The van der Waals surface area contributed by atoms with E-state index in [2.05, 4.69) is 37.2 Å². The summed E-state index contributed by atoms with van der Waals surface area (Å²) in [5.41, 5.74) is 5.53. The Kier molecular flexibility index (Phi) is 18.7. The fourth-order valence-corrected chi connectivity index (χ4v) is 3.29. The topological polar surface area (TPSA) is 345 Å². The standard InChI is InChI=1S/C25H42N8O13/c1-11(2)20(24(44)33-21(12(3)35)25(45)46)32-18(39)9-29-16(37)7-27-15(36)6-28-17(38)8-30-23(43)14(10-34)31-22(42)13(26)4-5-19(40)41/h11-14,20-21,34-35H,4-10,26H2,1-3H3,(H,27,36)(H,28,38)(H,29,37)(H,30,43)(H,31,42)(H,32,39)(H,33,44)(H,40,41)(H,45,46)/t12-,13+,14+,20+,21+/m1/s1. The van der Waals surface area contributed by atoms with Gasteiger partial charge in [-0.05, 0) is 19.3 Å². The molecule has 0 rings (SSSR count). The lowest BCUT2D eigenvalue weighted by atomic mass is 10.0. The molecule has 0 aromatic heterocycles. The minimum absolute atomic E-state index is 0.217. The van der Waals surface area contributed by atoms with E-state index in [1.807, 2.05) is 0 Å². The van der Waals surface area contributed by atoms with Gasteiger partial charge in [-0.1, -0.05) is 13.8 Å². The number of aliphatic hydroxyl groups is 2. The van der Waals surface area contributed by atoms with Crippen LogP contribution in [0.2, 0.25) is 0 Å². The summed E-state index contributed by atoms with van der Waals surface area (Å²) in [7, 11) is 0. The number of carbonyl (C=O) groups excluding carboxylic acids is 7. The summed E-state index contributed by atoms with van der Waals surface area (Å²) in [5, 5.41) is 51.8. The van der Waals surface area contributed by atoms with Crippen molar-refractivity contribution < 1.29 is 63.6 Å². The van der Waals surface area contributed by atoms with E-state index < -0.39 is 129 Å². The number of aliphatic carboxylic acids is 2. The summed E-state index contributed by atoms with van der Waals surface area (Å²) in [6.07, 6.45) is -2.03. The van der Waals surface area contributed by atoms with Gasteiger partial charge < -0.3 is 63.4 Å². The molecule has 0 aromatic rings. The van der Waals surface area contributed by atoms with Crippen LogP contribution in [0.5, 0.6) is 0 Å². The van der Waals surface area contributed by atoms with Crippen LogP contribution >= 0.6 is 0 Å². The molecule has 0 fully saturated rings. The smallest absolute Gasteiger partial charge is 0.328 e. The predicted octanol–water partition coefficient (Wildman–Crippen LogP) is -6.79. The average molecular weight is 663 g/mol. The van der Waals surface area contributed by atoms with E-state index in [1.54, 1.807) is 13.8 Å². The van der Waals surface area contributed by atoms with Crippen LogP contribution in [0.3, 0.4) is 0 Å². The lowest BCUT2D eigenvalue weighted by Crippen LogP contribution is -2.57. The Balaban J connectivity index is 4.52. The molecule has 5 atom stereocenters. The SMILES string of the molecule is CC(C)[C@H](NC(=O)CNC(=O)CNC(=O)CNC(=O)CNC(=O)[C@H](CO)NC(=O)[C@@H](N)CCC(=O)O)C(=O)N[C@H](C(=O)O)[C@@H](C)O. The van der Waals surface area contributed by atoms with E-state index in [1.165, 1.54) is 0 Å². The second kappa shape index (κ2) is 21.0. The molecule has 0 aliphatic rings. The first-order valence-corrected chi connectivity index (χ1v) is 13.9. The van der Waals surface area contributed by atoms with Crippen LogP contribution in [0, 0.1) is 5.92 Å². The van der Waals surface area contributed by atoms with Crippen LogP contribution in [0.25, 0.3) is 0 Å². The first-order valence-electron chi connectivity index (χ1n) is 13.9. The van der Waals surface area contributed by atoms with Gasteiger partial charge in [-0.2, -0.15) is 0 Å². The molecule has 21 heteroatoms. The second-order valence-corrected chi connectivity index (χ2v) is 10.2. The predicted molar refractivity (Wildman–Crippen MR) is 154 cm³/mol. The Morgan fingerprint density at radius 3 is 1.52 bits per heavy atom. The number of nitrogens with one attached hydrogen (secondary N) is 7. The van der Waals surface area contributed by atoms with Crippen molar-refractivity contribution in [3.05, 3.63) is 0 Å². The maximum absolute atomic E-state index is 12.5. The van der Waals surface area contributed by atoms with Crippen molar-refractivity contribution in [2.75, 3.05) is 32.8 Å². The van der Waals surface area contributed by atoms with Gasteiger partial charge in [0.25, 0.3) is 0 Å². The van der Waals surface area contributed by atoms with Crippen molar-refractivity contribution in [1.29, 1.82) is 0 Å². The van der Waals surface area contributed by atoms with Crippen LogP contribution in [0.4, 0.5) is 0 Å². The number of carboxylic acid groups (broad SMARTS) is 2. The first kappa shape index (κ1) is 41.1. The molecule has 0 aliphatic carbocycles. The van der Waals surface area contributed by atoms with Crippen molar-refractivity contribution in [3.8, 4) is 0 Å². The number of nitrogens with two attached hydrogens (primary N) is 1. The summed E-state index contributed by atoms with van der Waals surface area (Å²) in [4.78, 5) is 106. The maximum atomic E-state index is 12.5. The van der Waals surface area contributed by atoms with Crippen molar-refractivity contribution in [3.63, 3.8) is 0 Å². The third-order valence-electron chi connectivity index (χ3n) is 5.89. The Morgan fingerprint density at radius 2 is 1.11 bits per heavy atom. The van der Waals surface area contributed by atoms with Crippen molar-refractivity contribution in [2.24, 2.45) is 11.7 Å². The number of carboxylic acids is 2. The lowest BCUT2D eigenvalue weighted by molar-refractivity contribution is -0.145. The van der Waals surface area contributed by atoms with Gasteiger partial charge in [0, 0.05) is 6.42 Å². The molecule has 0 heterocycles. The minimum Gasteiger partial charge on any atom is -0.481 e. The van der Waals surface area contributed by atoms with Gasteiger partial charge in [0.1, 0.15) is 12.1 Å². The molecule has 0 saturated carbocycles. The van der Waals surface area contributed by atoms with Crippen LogP contribution in [0.1, 0.15) is 33.6 Å². The zero-order chi connectivity index (χ0) is 35.6. The number of aliphatic hydroxyl groups excluding tert-OH is 2. The first-order chi connectivity index (χ1) is 21.4. The van der Waals surface area contributed by atoms with Crippen LogP contribution in [-0.4, -0.2) is 137 Å². The summed E-state index contributed by atoms with van der Waals surface area (Å²) < 4.78 is 0. The van der Waals surface area contributed by atoms with Gasteiger partial charge in [-0.25, -0.2) is 4.79 Å². The zero-order valence-electron chi connectivity index (χ0n) is 25.5. The molecule has 0 spiro atoms. The van der Waals surface area contributed by atoms with Crippen LogP contribution < -0.4 is 43.0 Å². The van der Waals surface area contributed by atoms with E-state index >= 15 is 0 Å². The molecular weight excluding hydrogens is 620 g/mol. The van der Waals surface area contributed by atoms with Crippen molar-refractivity contribution >= 4 is 53.3 Å². The Morgan fingerprint density at radius 1 is 0.630 bits per heavy atom. The van der Waals surface area contributed by atoms with Crippen LogP contribution in [-0.2, 0) is 43.2 Å². The monoisotopic (exact) mass is 662 g/mol. The molecule has 0 saturated heterocycles. The van der Waals surface area contributed by atoms with E-state index in [-0.39, 0.29) is 6.42 Å². The summed E-state index contributed by atoms with van der Waals surface area (Å²) >= 11 is 0. The van der Waals surface area contributed by atoms with Gasteiger partial charge in [-0.15, -0.1) is 0 Å². The molecule has 260 valence electrons. The minimum atomic E-state index is -1.61. The largest absolute Gasteiger partial charge is 0.481 e. The third kappa shape index (κ3) is 16.8. The van der Waals surface area contributed by atoms with Gasteiger partial charge in [0.15, 0.2) is 6.04 Å². The van der Waals surface area contributed by atoms with Gasteiger partial charge in [0.2, 0.25) is 41.4 Å². The van der Waals surface area contributed by atoms with Crippen molar-refractivity contribution in [2.45, 2.75) is 63.9 Å². The Hall–Kier alpha value is -4.89. The molecule has 0 bridgehead atoms. The van der Waals surface area contributed by atoms with Crippen LogP contribution in [0.15, 0.2) is 0 Å². The molecule has 7 amide bonds. The molecule has 0 radical (unpaired) electrons. The highest BCUT2D eigenvalue weighted by Crippen LogP contribution is 2.04. The number of hydrogen-bond donors (Lipinski definition) is 12. The van der Waals surface area contributed by atoms with Gasteiger partial charge in [-0.3, -0.25) is 38.4 Å².